The number of carbonyl (C=O) groups excluding carboxylic acids is 1. The zero-order valence-corrected chi connectivity index (χ0v) is 16.2. The van der Waals surface area contributed by atoms with Crippen molar-refractivity contribution in [3.63, 3.8) is 0 Å². The van der Waals surface area contributed by atoms with Crippen LogP contribution in [0.2, 0.25) is 0 Å². The largest absolute Gasteiger partial charge is 0.494 e. The number of carbonyl (C=O) groups is 1. The minimum atomic E-state index is -3.95. The fourth-order valence-electron chi connectivity index (χ4n) is 2.56. The summed E-state index contributed by atoms with van der Waals surface area (Å²) in [5.74, 6) is -0.126. The molecular weight excluding hydrogens is 360 g/mol. The first-order valence-corrected chi connectivity index (χ1v) is 10.1. The van der Waals surface area contributed by atoms with Gasteiger partial charge in [0, 0.05) is 6.07 Å². The second-order valence-electron chi connectivity index (χ2n) is 6.06. The number of primary sulfonamides is 1. The van der Waals surface area contributed by atoms with Crippen LogP contribution in [0.3, 0.4) is 0 Å². The summed E-state index contributed by atoms with van der Waals surface area (Å²) < 4.78 is 28.1. The van der Waals surface area contributed by atoms with E-state index in [-0.39, 0.29) is 32.7 Å². The summed E-state index contributed by atoms with van der Waals surface area (Å²) in [6.07, 6.45) is 0. The van der Waals surface area contributed by atoms with Gasteiger partial charge in [-0.1, -0.05) is 38.1 Å². The highest BCUT2D eigenvalue weighted by atomic mass is 32.2. The molecule has 0 aliphatic carbocycles. The molecule has 1 unspecified atom stereocenters. The van der Waals surface area contributed by atoms with Crippen LogP contribution in [0.5, 0.6) is 5.75 Å². The van der Waals surface area contributed by atoms with Gasteiger partial charge >= 0.3 is 0 Å². The average Bonchev–Trinajstić information content (AvgIpc) is 2.97. The smallest absolute Gasteiger partial charge is 0.262 e. The number of thiophene rings is 1. The number of aryl methyl sites for hydroxylation is 1. The van der Waals surface area contributed by atoms with E-state index in [2.05, 4.69) is 5.32 Å². The van der Waals surface area contributed by atoms with E-state index in [0.29, 0.717) is 0 Å². The van der Waals surface area contributed by atoms with Gasteiger partial charge in [0.1, 0.15) is 0 Å². The quantitative estimate of drug-likeness (QED) is 0.802. The van der Waals surface area contributed by atoms with Gasteiger partial charge in [0.15, 0.2) is 9.96 Å². The van der Waals surface area contributed by atoms with E-state index in [1.807, 2.05) is 45.0 Å². The van der Waals surface area contributed by atoms with E-state index in [9.17, 15) is 13.2 Å². The molecule has 1 aromatic carbocycles. The molecule has 0 saturated carbocycles. The molecular formula is C17H22N2O4S2. The number of nitrogens with one attached hydrogen (secondary N) is 1. The summed E-state index contributed by atoms with van der Waals surface area (Å²) in [7, 11) is -2.61. The third kappa shape index (κ3) is 4.39. The Labute approximate surface area is 152 Å². The van der Waals surface area contributed by atoms with Gasteiger partial charge in [-0.15, -0.1) is 11.3 Å². The number of methoxy groups -OCH3 is 1. The molecule has 0 fully saturated rings. The van der Waals surface area contributed by atoms with Crippen molar-refractivity contribution in [3.05, 3.63) is 46.3 Å². The summed E-state index contributed by atoms with van der Waals surface area (Å²) >= 11 is 0.802. The fourth-order valence-corrected chi connectivity index (χ4v) is 4.48. The molecule has 0 saturated heterocycles. The first kappa shape index (κ1) is 19.4. The van der Waals surface area contributed by atoms with Gasteiger partial charge in [-0.25, -0.2) is 13.6 Å². The van der Waals surface area contributed by atoms with E-state index >= 15 is 0 Å². The minimum absolute atomic E-state index is 0.0784. The Morgan fingerprint density at radius 2 is 1.92 bits per heavy atom. The highest BCUT2D eigenvalue weighted by Crippen LogP contribution is 2.33. The van der Waals surface area contributed by atoms with E-state index in [0.717, 1.165) is 22.5 Å². The van der Waals surface area contributed by atoms with Crippen LogP contribution < -0.4 is 15.2 Å². The third-order valence-electron chi connectivity index (χ3n) is 3.84. The number of sulfonamides is 1. The van der Waals surface area contributed by atoms with Crippen LogP contribution >= 0.6 is 11.3 Å². The maximum Gasteiger partial charge on any atom is 0.262 e. The maximum atomic E-state index is 12.7. The predicted octanol–water partition coefficient (Wildman–Crippen LogP) is 2.84. The van der Waals surface area contributed by atoms with Crippen molar-refractivity contribution in [1.29, 1.82) is 0 Å². The lowest BCUT2D eigenvalue weighted by Crippen LogP contribution is -2.31. The SMILES string of the molecule is COc1cc(C(=O)NC(c2ccccc2C)C(C)C)sc1S(N)(=O)=O. The highest BCUT2D eigenvalue weighted by molar-refractivity contribution is 7.91. The lowest BCUT2D eigenvalue weighted by atomic mass is 9.92. The van der Waals surface area contributed by atoms with Crippen molar-refractivity contribution in [2.75, 3.05) is 7.11 Å². The van der Waals surface area contributed by atoms with Crippen LogP contribution in [0.4, 0.5) is 0 Å². The number of hydrogen-bond donors (Lipinski definition) is 2. The fraction of sp³-hybridized carbons (Fsp3) is 0.353. The molecule has 25 heavy (non-hydrogen) atoms. The van der Waals surface area contributed by atoms with Crippen LogP contribution in [-0.4, -0.2) is 21.4 Å². The van der Waals surface area contributed by atoms with Crippen molar-refractivity contribution >= 4 is 27.3 Å². The van der Waals surface area contributed by atoms with Gasteiger partial charge in [0.2, 0.25) is 0 Å². The molecule has 136 valence electrons. The number of rotatable bonds is 6. The maximum absolute atomic E-state index is 12.7. The highest BCUT2D eigenvalue weighted by Gasteiger charge is 2.25. The number of benzene rings is 1. The molecule has 1 heterocycles. The van der Waals surface area contributed by atoms with Gasteiger partial charge in [0.05, 0.1) is 18.0 Å². The number of ether oxygens (including phenoxy) is 1. The first-order valence-electron chi connectivity index (χ1n) is 7.72. The van der Waals surface area contributed by atoms with Crippen LogP contribution in [-0.2, 0) is 10.0 Å². The monoisotopic (exact) mass is 382 g/mol. The van der Waals surface area contributed by atoms with Gasteiger partial charge in [-0.2, -0.15) is 0 Å². The second-order valence-corrected chi connectivity index (χ2v) is 8.87. The zero-order valence-electron chi connectivity index (χ0n) is 14.6. The van der Waals surface area contributed by atoms with Gasteiger partial charge < -0.3 is 10.1 Å². The lowest BCUT2D eigenvalue weighted by Gasteiger charge is -2.24. The molecule has 6 nitrogen and oxygen atoms in total. The van der Waals surface area contributed by atoms with Crippen LogP contribution in [0.1, 0.15) is 40.7 Å². The van der Waals surface area contributed by atoms with E-state index in [1.54, 1.807) is 0 Å². The Kier molecular flexibility index (Phi) is 5.87. The summed E-state index contributed by atoms with van der Waals surface area (Å²) in [6.45, 7) is 6.02. The van der Waals surface area contributed by atoms with E-state index < -0.39 is 10.0 Å². The molecule has 0 spiro atoms. The summed E-state index contributed by atoms with van der Waals surface area (Å²) in [4.78, 5) is 12.9. The minimum Gasteiger partial charge on any atom is -0.494 e. The normalized spacial score (nSPS) is 12.9. The van der Waals surface area contributed by atoms with Gasteiger partial charge in [-0.05, 0) is 24.0 Å². The van der Waals surface area contributed by atoms with E-state index in [1.165, 1.54) is 13.2 Å². The van der Waals surface area contributed by atoms with Crippen molar-refractivity contribution in [1.82, 2.24) is 5.32 Å². The predicted molar refractivity (Wildman–Crippen MR) is 98.5 cm³/mol. The molecule has 3 N–H and O–H groups in total. The molecule has 0 radical (unpaired) electrons. The summed E-state index contributed by atoms with van der Waals surface area (Å²) in [5.41, 5.74) is 2.11. The molecule has 1 atom stereocenters. The van der Waals surface area contributed by atoms with Crippen LogP contribution in [0.25, 0.3) is 0 Å². The molecule has 1 aromatic heterocycles. The summed E-state index contributed by atoms with van der Waals surface area (Å²) in [6, 6.07) is 9.04. The molecule has 0 aliphatic rings. The molecule has 8 heteroatoms. The molecule has 1 amide bonds. The van der Waals surface area contributed by atoms with Gasteiger partial charge in [0.25, 0.3) is 15.9 Å². The van der Waals surface area contributed by atoms with Crippen LogP contribution in [0, 0.1) is 12.8 Å². The number of nitrogens with two attached hydrogens (primary N) is 1. The van der Waals surface area contributed by atoms with Crippen LogP contribution in [0.15, 0.2) is 34.5 Å². The Balaban J connectivity index is 2.34. The Morgan fingerprint density at radius 1 is 1.28 bits per heavy atom. The molecule has 2 aromatic rings. The van der Waals surface area contributed by atoms with Crippen molar-refractivity contribution in [2.24, 2.45) is 11.1 Å². The Hall–Kier alpha value is -1.90. The molecule has 0 aliphatic heterocycles. The average molecular weight is 383 g/mol. The van der Waals surface area contributed by atoms with Crippen molar-refractivity contribution in [2.45, 2.75) is 31.0 Å². The molecule has 0 bridgehead atoms. The van der Waals surface area contributed by atoms with E-state index in [4.69, 9.17) is 9.88 Å². The molecule has 2 rings (SSSR count). The van der Waals surface area contributed by atoms with Crippen molar-refractivity contribution < 1.29 is 17.9 Å². The van der Waals surface area contributed by atoms with Crippen molar-refractivity contribution in [3.8, 4) is 5.75 Å². The number of hydrogen-bond acceptors (Lipinski definition) is 5. The van der Waals surface area contributed by atoms with Gasteiger partial charge in [-0.3, -0.25) is 4.79 Å². The lowest BCUT2D eigenvalue weighted by molar-refractivity contribution is 0.0929. The first-order chi connectivity index (χ1) is 11.6. The topological polar surface area (TPSA) is 98.5 Å². The zero-order chi connectivity index (χ0) is 18.8. The summed E-state index contributed by atoms with van der Waals surface area (Å²) in [5, 5.41) is 8.16. The number of amides is 1. The third-order valence-corrected chi connectivity index (χ3v) is 6.42. The Bertz CT molecular complexity index is 873. The standard InChI is InChI=1S/C17H22N2O4S2/c1-10(2)15(12-8-6-5-7-11(12)3)19-16(20)14-9-13(23-4)17(24-14)25(18,21)22/h5-10,15H,1-4H3,(H,19,20)(H2,18,21,22). The Morgan fingerprint density at radius 3 is 2.40 bits per heavy atom. The second kappa shape index (κ2) is 7.55.